The number of thiazole rings is 1. The van der Waals surface area contributed by atoms with E-state index in [-0.39, 0.29) is 5.78 Å². The highest BCUT2D eigenvalue weighted by molar-refractivity contribution is 7.13. The molecule has 0 amide bonds. The summed E-state index contributed by atoms with van der Waals surface area (Å²) < 4.78 is 5.10. The average Bonchev–Trinajstić information content (AvgIpc) is 3.18. The Morgan fingerprint density at radius 1 is 1.40 bits per heavy atom. The maximum Gasteiger partial charge on any atom is 0.213 e. The molecule has 5 nitrogen and oxygen atoms in total. The average molecular weight is 285 g/mol. The second kappa shape index (κ2) is 5.26. The lowest BCUT2D eigenvalue weighted by Gasteiger charge is -2.07. The van der Waals surface area contributed by atoms with E-state index in [1.165, 1.54) is 18.4 Å². The Hall–Kier alpha value is -2.47. The van der Waals surface area contributed by atoms with Gasteiger partial charge in [-0.15, -0.1) is 11.3 Å². The first kappa shape index (κ1) is 12.6. The summed E-state index contributed by atoms with van der Waals surface area (Å²) in [5, 5.41) is 2.62. The van der Waals surface area contributed by atoms with Crippen molar-refractivity contribution in [2.24, 2.45) is 0 Å². The fraction of sp³-hybridized carbons (Fsp3) is 0.0714. The van der Waals surface area contributed by atoms with Crippen molar-refractivity contribution in [2.75, 3.05) is 7.11 Å². The van der Waals surface area contributed by atoms with Gasteiger partial charge in [-0.3, -0.25) is 4.79 Å². The zero-order valence-electron chi connectivity index (χ0n) is 10.7. The molecule has 0 unspecified atom stereocenters. The van der Waals surface area contributed by atoms with Gasteiger partial charge >= 0.3 is 0 Å². The summed E-state index contributed by atoms with van der Waals surface area (Å²) in [6, 6.07) is 5.16. The normalized spacial score (nSPS) is 10.4. The number of aromatic nitrogens is 3. The van der Waals surface area contributed by atoms with Crippen molar-refractivity contribution in [1.82, 2.24) is 15.0 Å². The highest BCUT2D eigenvalue weighted by Crippen LogP contribution is 2.28. The van der Waals surface area contributed by atoms with Crippen LogP contribution in [0.3, 0.4) is 0 Å². The largest absolute Gasteiger partial charge is 0.481 e. The predicted octanol–water partition coefficient (Wildman–Crippen LogP) is 2.77. The van der Waals surface area contributed by atoms with Gasteiger partial charge < -0.3 is 9.72 Å². The first-order valence-electron chi connectivity index (χ1n) is 5.91. The Labute approximate surface area is 119 Å². The van der Waals surface area contributed by atoms with Gasteiger partial charge in [-0.2, -0.15) is 0 Å². The van der Waals surface area contributed by atoms with Gasteiger partial charge in [0.1, 0.15) is 5.01 Å². The summed E-state index contributed by atoms with van der Waals surface area (Å²) in [4.78, 5) is 23.9. The number of rotatable bonds is 4. The molecule has 0 aromatic carbocycles. The molecule has 6 heteroatoms. The summed E-state index contributed by atoms with van der Waals surface area (Å²) in [5.74, 6) is 0.293. The van der Waals surface area contributed by atoms with Crippen LogP contribution in [0.2, 0.25) is 0 Å². The van der Waals surface area contributed by atoms with Crippen LogP contribution in [0.15, 0.2) is 42.2 Å². The van der Waals surface area contributed by atoms with Crippen LogP contribution in [0, 0.1) is 0 Å². The van der Waals surface area contributed by atoms with E-state index in [1.807, 2.05) is 5.38 Å². The van der Waals surface area contributed by atoms with E-state index < -0.39 is 0 Å². The predicted molar refractivity (Wildman–Crippen MR) is 76.1 cm³/mol. The number of hydrogen-bond acceptors (Lipinski definition) is 5. The Morgan fingerprint density at radius 3 is 2.95 bits per heavy atom. The van der Waals surface area contributed by atoms with Gasteiger partial charge in [0.25, 0.3) is 0 Å². The maximum atomic E-state index is 12.6. The molecule has 3 aromatic rings. The highest BCUT2D eigenvalue weighted by atomic mass is 32.1. The number of nitrogens with zero attached hydrogens (tertiary/aromatic N) is 2. The smallest absolute Gasteiger partial charge is 0.213 e. The summed E-state index contributed by atoms with van der Waals surface area (Å²) in [6.45, 7) is 0. The summed E-state index contributed by atoms with van der Waals surface area (Å²) >= 11 is 1.46. The number of carbonyl (C=O) groups is 1. The molecule has 0 bridgehead atoms. The Balaban J connectivity index is 2.14. The number of methoxy groups -OCH3 is 1. The minimum Gasteiger partial charge on any atom is -0.481 e. The zero-order chi connectivity index (χ0) is 13.9. The molecule has 0 spiro atoms. The first-order chi connectivity index (χ1) is 9.79. The third-order valence-corrected chi connectivity index (χ3v) is 3.64. The molecule has 3 aromatic heterocycles. The van der Waals surface area contributed by atoms with Crippen LogP contribution < -0.4 is 4.74 Å². The zero-order valence-corrected chi connectivity index (χ0v) is 11.5. The maximum absolute atomic E-state index is 12.6. The van der Waals surface area contributed by atoms with Crippen molar-refractivity contribution in [3.63, 3.8) is 0 Å². The summed E-state index contributed by atoms with van der Waals surface area (Å²) in [6.07, 6.45) is 5.04. The van der Waals surface area contributed by atoms with Crippen LogP contribution in [0.1, 0.15) is 16.1 Å². The molecule has 3 rings (SSSR count). The van der Waals surface area contributed by atoms with Gasteiger partial charge in [0, 0.05) is 41.2 Å². The third kappa shape index (κ3) is 2.21. The van der Waals surface area contributed by atoms with Crippen LogP contribution >= 0.6 is 11.3 Å². The monoisotopic (exact) mass is 285 g/mol. The number of nitrogens with one attached hydrogen (secondary N) is 1. The third-order valence-electron chi connectivity index (χ3n) is 2.84. The number of ketones is 1. The molecule has 100 valence electrons. The van der Waals surface area contributed by atoms with Gasteiger partial charge in [0.05, 0.1) is 12.8 Å². The molecule has 0 aliphatic rings. The summed E-state index contributed by atoms with van der Waals surface area (Å²) in [7, 11) is 1.52. The molecular formula is C14H11N3O2S. The standard InChI is InChI=1S/C14H11N3O2S/c1-19-12-7-9(13(18)11-3-2-4-15-11)10(8-17-12)14-16-5-6-20-14/h2-8,15H,1H3. The van der Waals surface area contributed by atoms with Gasteiger partial charge in [-0.05, 0) is 12.1 Å². The van der Waals surface area contributed by atoms with Crippen molar-refractivity contribution >= 4 is 17.1 Å². The van der Waals surface area contributed by atoms with E-state index >= 15 is 0 Å². The van der Waals surface area contributed by atoms with E-state index in [4.69, 9.17) is 4.74 Å². The summed E-state index contributed by atoms with van der Waals surface area (Å²) in [5.41, 5.74) is 1.76. The minimum absolute atomic E-state index is 0.110. The molecule has 0 radical (unpaired) electrons. The van der Waals surface area contributed by atoms with Crippen LogP contribution in [0.5, 0.6) is 5.88 Å². The van der Waals surface area contributed by atoms with E-state index in [0.717, 1.165) is 5.01 Å². The number of aromatic amines is 1. The van der Waals surface area contributed by atoms with E-state index in [1.54, 1.807) is 36.8 Å². The SMILES string of the molecule is COc1cc(C(=O)c2ccc[nH]2)c(-c2nccs2)cn1. The molecule has 1 N–H and O–H groups in total. The Morgan fingerprint density at radius 2 is 2.30 bits per heavy atom. The second-order valence-electron chi connectivity index (χ2n) is 4.02. The molecule has 3 heterocycles. The first-order valence-corrected chi connectivity index (χ1v) is 6.79. The van der Waals surface area contributed by atoms with E-state index in [0.29, 0.717) is 22.7 Å². The fourth-order valence-corrected chi connectivity index (χ4v) is 2.54. The molecular weight excluding hydrogens is 274 g/mol. The van der Waals surface area contributed by atoms with Crippen molar-refractivity contribution < 1.29 is 9.53 Å². The van der Waals surface area contributed by atoms with E-state index in [2.05, 4.69) is 15.0 Å². The van der Waals surface area contributed by atoms with Crippen LogP contribution in [0.4, 0.5) is 0 Å². The molecule has 0 saturated heterocycles. The second-order valence-corrected chi connectivity index (χ2v) is 4.92. The number of carbonyl (C=O) groups excluding carboxylic acids is 1. The number of H-pyrrole nitrogens is 1. The van der Waals surface area contributed by atoms with Crippen LogP contribution in [-0.2, 0) is 0 Å². The van der Waals surface area contributed by atoms with Gasteiger partial charge in [0.2, 0.25) is 11.7 Å². The molecule has 0 aliphatic heterocycles. The van der Waals surface area contributed by atoms with Gasteiger partial charge in [-0.1, -0.05) is 0 Å². The lowest BCUT2D eigenvalue weighted by Crippen LogP contribution is -2.05. The van der Waals surface area contributed by atoms with Crippen molar-refractivity contribution in [3.05, 3.63) is 53.4 Å². The highest BCUT2D eigenvalue weighted by Gasteiger charge is 2.18. The fourth-order valence-electron chi connectivity index (χ4n) is 1.88. The lowest BCUT2D eigenvalue weighted by atomic mass is 10.0. The quantitative estimate of drug-likeness (QED) is 0.748. The van der Waals surface area contributed by atoms with Gasteiger partial charge in [-0.25, -0.2) is 9.97 Å². The van der Waals surface area contributed by atoms with Crippen molar-refractivity contribution in [1.29, 1.82) is 0 Å². The van der Waals surface area contributed by atoms with Crippen molar-refractivity contribution in [2.45, 2.75) is 0 Å². The van der Waals surface area contributed by atoms with Crippen molar-refractivity contribution in [3.8, 4) is 16.5 Å². The molecule has 0 fully saturated rings. The lowest BCUT2D eigenvalue weighted by molar-refractivity contribution is 0.103. The molecule has 0 aliphatic carbocycles. The number of hydrogen-bond donors (Lipinski definition) is 1. The Kier molecular flexibility index (Phi) is 3.30. The molecule has 0 atom stereocenters. The van der Waals surface area contributed by atoms with Crippen LogP contribution in [-0.4, -0.2) is 27.8 Å². The minimum atomic E-state index is -0.110. The van der Waals surface area contributed by atoms with E-state index in [9.17, 15) is 4.79 Å². The number of pyridine rings is 1. The topological polar surface area (TPSA) is 67.9 Å². The van der Waals surface area contributed by atoms with Crippen LogP contribution in [0.25, 0.3) is 10.6 Å². The van der Waals surface area contributed by atoms with Gasteiger partial charge in [0.15, 0.2) is 0 Å². The molecule has 20 heavy (non-hydrogen) atoms. The molecule has 0 saturated carbocycles. The Bertz CT molecular complexity index is 721. The number of ether oxygens (including phenoxy) is 1.